The highest BCUT2D eigenvalue weighted by Crippen LogP contribution is 2.25. The topological polar surface area (TPSA) is 21.3 Å². The highest BCUT2D eigenvalue weighted by atomic mass is 32.1. The average Bonchev–Trinajstić information content (AvgIpc) is 2.40. The van der Waals surface area contributed by atoms with Gasteiger partial charge in [-0.1, -0.05) is 12.2 Å². The summed E-state index contributed by atoms with van der Waals surface area (Å²) in [5, 5.41) is 5.09. The fourth-order valence-electron chi connectivity index (χ4n) is 0.983. The molecule has 0 aliphatic carbocycles. The van der Waals surface area contributed by atoms with Crippen molar-refractivity contribution in [2.45, 2.75) is 0 Å². The van der Waals surface area contributed by atoms with Crippen LogP contribution in [0.4, 0.5) is 0 Å². The Labute approximate surface area is 74.2 Å². The fourth-order valence-corrected chi connectivity index (χ4v) is 2.08. The summed E-state index contributed by atoms with van der Waals surface area (Å²) < 4.78 is 5.42. The number of ether oxygens (including phenoxy) is 1. The second kappa shape index (κ2) is 2.79. The third-order valence-electron chi connectivity index (χ3n) is 1.48. The molecule has 2 heterocycles. The number of thiophene rings is 1. The van der Waals surface area contributed by atoms with Crippen molar-refractivity contribution in [1.29, 1.82) is 0 Å². The Morgan fingerprint density at radius 2 is 2.55 bits per heavy atom. The van der Waals surface area contributed by atoms with Crippen LogP contribution in [0.5, 0.6) is 5.75 Å². The van der Waals surface area contributed by atoms with Crippen molar-refractivity contribution in [3.05, 3.63) is 16.3 Å². The molecule has 0 fully saturated rings. The van der Waals surface area contributed by atoms with Crippen LogP contribution in [-0.4, -0.2) is 18.1 Å². The van der Waals surface area contributed by atoms with Crippen LogP contribution >= 0.6 is 23.6 Å². The van der Waals surface area contributed by atoms with E-state index >= 15 is 0 Å². The summed E-state index contributed by atoms with van der Waals surface area (Å²) in [5.41, 5.74) is 0. The smallest absolute Gasteiger partial charge is 0.140 e. The Morgan fingerprint density at radius 1 is 1.64 bits per heavy atom. The molecule has 0 aromatic carbocycles. The Hall–Kier alpha value is -0.610. The van der Waals surface area contributed by atoms with Gasteiger partial charge in [-0.15, -0.1) is 11.3 Å². The minimum Gasteiger partial charge on any atom is -0.490 e. The second-order valence-electron chi connectivity index (χ2n) is 2.22. The van der Waals surface area contributed by atoms with E-state index in [1.54, 1.807) is 11.3 Å². The quantitative estimate of drug-likeness (QED) is 0.617. The zero-order valence-corrected chi connectivity index (χ0v) is 7.43. The van der Waals surface area contributed by atoms with E-state index in [2.05, 4.69) is 5.32 Å². The van der Waals surface area contributed by atoms with Gasteiger partial charge in [0.05, 0.1) is 0 Å². The van der Waals surface area contributed by atoms with Gasteiger partial charge < -0.3 is 10.1 Å². The van der Waals surface area contributed by atoms with Crippen LogP contribution in [0.25, 0.3) is 0 Å². The first-order valence-electron chi connectivity index (χ1n) is 3.36. The zero-order valence-electron chi connectivity index (χ0n) is 5.79. The lowest BCUT2D eigenvalue weighted by Crippen LogP contribution is -2.23. The SMILES string of the molecule is S=C1NCCOc2ccsc21. The maximum atomic E-state index is 5.42. The van der Waals surface area contributed by atoms with E-state index in [4.69, 9.17) is 17.0 Å². The molecule has 2 rings (SSSR count). The first-order chi connectivity index (χ1) is 5.38. The molecule has 4 heteroatoms. The van der Waals surface area contributed by atoms with Crippen LogP contribution in [-0.2, 0) is 0 Å². The van der Waals surface area contributed by atoms with Crippen LogP contribution in [0.1, 0.15) is 4.88 Å². The van der Waals surface area contributed by atoms with E-state index in [0.717, 1.165) is 22.2 Å². The minimum absolute atomic E-state index is 0.698. The molecule has 0 spiro atoms. The summed E-state index contributed by atoms with van der Waals surface area (Å²) in [4.78, 5) is 1.87. The van der Waals surface area contributed by atoms with Gasteiger partial charge in [-0.2, -0.15) is 0 Å². The molecule has 0 atom stereocenters. The highest BCUT2D eigenvalue weighted by Gasteiger charge is 2.13. The summed E-state index contributed by atoms with van der Waals surface area (Å²) in [6.07, 6.45) is 0. The van der Waals surface area contributed by atoms with Gasteiger partial charge in [0.15, 0.2) is 0 Å². The lowest BCUT2D eigenvalue weighted by Gasteiger charge is -1.97. The fraction of sp³-hybridized carbons (Fsp3) is 0.286. The molecule has 0 saturated carbocycles. The van der Waals surface area contributed by atoms with Crippen molar-refractivity contribution in [2.75, 3.05) is 13.2 Å². The van der Waals surface area contributed by atoms with Crippen molar-refractivity contribution in [3.63, 3.8) is 0 Å². The maximum Gasteiger partial charge on any atom is 0.140 e. The van der Waals surface area contributed by atoms with Gasteiger partial charge in [0, 0.05) is 6.54 Å². The number of nitrogens with one attached hydrogen (secondary N) is 1. The molecular formula is C7H7NOS2. The van der Waals surface area contributed by atoms with Crippen molar-refractivity contribution >= 4 is 28.5 Å². The van der Waals surface area contributed by atoms with E-state index in [9.17, 15) is 0 Å². The molecule has 1 aromatic heterocycles. The van der Waals surface area contributed by atoms with Crippen LogP contribution < -0.4 is 10.1 Å². The van der Waals surface area contributed by atoms with Crippen molar-refractivity contribution < 1.29 is 4.74 Å². The molecular weight excluding hydrogens is 178 g/mol. The Morgan fingerprint density at radius 3 is 3.45 bits per heavy atom. The summed E-state index contributed by atoms with van der Waals surface area (Å²) in [6, 6.07) is 1.96. The van der Waals surface area contributed by atoms with Crippen LogP contribution in [0.2, 0.25) is 0 Å². The molecule has 58 valence electrons. The number of rotatable bonds is 0. The third-order valence-corrected chi connectivity index (χ3v) is 2.87. The van der Waals surface area contributed by atoms with Gasteiger partial charge >= 0.3 is 0 Å². The minimum atomic E-state index is 0.698. The lowest BCUT2D eigenvalue weighted by atomic mass is 10.4. The third kappa shape index (κ3) is 1.23. The van der Waals surface area contributed by atoms with E-state index in [1.165, 1.54) is 0 Å². The predicted octanol–water partition coefficient (Wildman–Crippen LogP) is 1.41. The Balaban J connectivity index is 2.41. The lowest BCUT2D eigenvalue weighted by molar-refractivity contribution is 0.328. The molecule has 1 aliphatic heterocycles. The van der Waals surface area contributed by atoms with Gasteiger partial charge in [-0.25, -0.2) is 0 Å². The molecule has 11 heavy (non-hydrogen) atoms. The largest absolute Gasteiger partial charge is 0.490 e. The van der Waals surface area contributed by atoms with Gasteiger partial charge in [0.2, 0.25) is 0 Å². The van der Waals surface area contributed by atoms with Crippen molar-refractivity contribution in [3.8, 4) is 5.75 Å². The Kier molecular flexibility index (Phi) is 1.79. The normalized spacial score (nSPS) is 16.2. The van der Waals surface area contributed by atoms with Gasteiger partial charge in [0.25, 0.3) is 0 Å². The monoisotopic (exact) mass is 185 g/mol. The average molecular weight is 185 g/mol. The van der Waals surface area contributed by atoms with E-state index in [1.807, 2.05) is 11.4 Å². The van der Waals surface area contributed by atoms with Gasteiger partial charge in [0.1, 0.15) is 22.2 Å². The molecule has 0 unspecified atom stereocenters. The molecule has 1 aliphatic rings. The van der Waals surface area contributed by atoms with Crippen molar-refractivity contribution in [1.82, 2.24) is 5.32 Å². The summed E-state index contributed by atoms with van der Waals surface area (Å²) >= 11 is 6.74. The van der Waals surface area contributed by atoms with Crippen LogP contribution in [0, 0.1) is 0 Å². The van der Waals surface area contributed by atoms with E-state index in [-0.39, 0.29) is 0 Å². The zero-order chi connectivity index (χ0) is 7.68. The molecule has 1 aromatic rings. The summed E-state index contributed by atoms with van der Waals surface area (Å²) in [5.74, 6) is 0.921. The van der Waals surface area contributed by atoms with Gasteiger partial charge in [-0.3, -0.25) is 0 Å². The number of fused-ring (bicyclic) bond motifs is 1. The highest BCUT2D eigenvalue weighted by molar-refractivity contribution is 7.81. The van der Waals surface area contributed by atoms with Crippen molar-refractivity contribution in [2.24, 2.45) is 0 Å². The second-order valence-corrected chi connectivity index (χ2v) is 3.54. The van der Waals surface area contributed by atoms with Crippen LogP contribution in [0.3, 0.4) is 0 Å². The Bertz CT molecular complexity index is 282. The molecule has 1 N–H and O–H groups in total. The molecule has 0 bridgehead atoms. The molecule has 0 radical (unpaired) electrons. The number of thiocarbonyl (C=S) groups is 1. The first-order valence-corrected chi connectivity index (χ1v) is 4.65. The predicted molar refractivity (Wildman–Crippen MR) is 49.5 cm³/mol. The van der Waals surface area contributed by atoms with Crippen LogP contribution in [0.15, 0.2) is 11.4 Å². The number of hydrogen-bond donors (Lipinski definition) is 1. The molecule has 0 amide bonds. The molecule has 2 nitrogen and oxygen atoms in total. The van der Waals surface area contributed by atoms with E-state index in [0.29, 0.717) is 6.61 Å². The summed E-state index contributed by atoms with van der Waals surface area (Å²) in [6.45, 7) is 1.50. The summed E-state index contributed by atoms with van der Waals surface area (Å²) in [7, 11) is 0. The number of hydrogen-bond acceptors (Lipinski definition) is 3. The molecule has 0 saturated heterocycles. The van der Waals surface area contributed by atoms with Gasteiger partial charge in [-0.05, 0) is 11.4 Å². The first kappa shape index (κ1) is 7.06. The standard InChI is InChI=1S/C7H7NOS2/c10-7-6-5(1-4-11-6)9-3-2-8-7/h1,4H,2-3H2,(H,8,10). The maximum absolute atomic E-state index is 5.42. The van der Waals surface area contributed by atoms with E-state index < -0.39 is 0 Å².